The number of pyridine rings is 1. The number of nitrogens with one attached hydrogen (secondary N) is 1. The van der Waals surface area contributed by atoms with Gasteiger partial charge in [-0.05, 0) is 12.1 Å². The molecule has 0 fully saturated rings. The molecule has 0 saturated carbocycles. The van der Waals surface area contributed by atoms with Gasteiger partial charge in [-0.3, -0.25) is 4.98 Å². The standard InChI is InChI=1S/C8H10F3N3/c9-8(10,11)7-5-6(1-3-14-7)13-4-2-12/h1,3,5H,2,4,12H2,(H,13,14). The number of nitrogens with two attached hydrogens (primary N) is 1. The van der Waals surface area contributed by atoms with E-state index in [1.165, 1.54) is 6.07 Å². The maximum absolute atomic E-state index is 12.2. The first kappa shape index (κ1) is 10.8. The van der Waals surface area contributed by atoms with E-state index in [4.69, 9.17) is 5.73 Å². The summed E-state index contributed by atoms with van der Waals surface area (Å²) in [7, 11) is 0. The lowest BCUT2D eigenvalue weighted by atomic mass is 10.3. The molecule has 0 aliphatic heterocycles. The first-order valence-corrected chi connectivity index (χ1v) is 4.01. The molecule has 0 atom stereocenters. The van der Waals surface area contributed by atoms with Gasteiger partial charge in [0.2, 0.25) is 0 Å². The number of rotatable bonds is 3. The minimum absolute atomic E-state index is 0.365. The highest BCUT2D eigenvalue weighted by molar-refractivity contribution is 5.43. The van der Waals surface area contributed by atoms with Crippen molar-refractivity contribution in [2.75, 3.05) is 18.4 Å². The van der Waals surface area contributed by atoms with Gasteiger partial charge in [0.15, 0.2) is 0 Å². The summed E-state index contributed by atoms with van der Waals surface area (Å²) < 4.78 is 36.5. The zero-order chi connectivity index (χ0) is 10.6. The lowest BCUT2D eigenvalue weighted by Crippen LogP contribution is -2.14. The van der Waals surface area contributed by atoms with Crippen LogP contribution in [0.1, 0.15) is 5.69 Å². The first-order chi connectivity index (χ1) is 6.54. The molecule has 1 aromatic rings. The second-order valence-corrected chi connectivity index (χ2v) is 2.64. The molecule has 14 heavy (non-hydrogen) atoms. The van der Waals surface area contributed by atoms with Gasteiger partial charge in [-0.25, -0.2) is 0 Å². The van der Waals surface area contributed by atoms with E-state index in [1.54, 1.807) is 0 Å². The van der Waals surface area contributed by atoms with Crippen LogP contribution in [0.3, 0.4) is 0 Å². The smallest absolute Gasteiger partial charge is 0.384 e. The van der Waals surface area contributed by atoms with Gasteiger partial charge in [0, 0.05) is 25.0 Å². The summed E-state index contributed by atoms with van der Waals surface area (Å²) >= 11 is 0. The van der Waals surface area contributed by atoms with Crippen LogP contribution >= 0.6 is 0 Å². The number of alkyl halides is 3. The third-order valence-electron chi connectivity index (χ3n) is 1.52. The number of halogens is 3. The Morgan fingerprint density at radius 3 is 2.71 bits per heavy atom. The normalized spacial score (nSPS) is 11.4. The molecular weight excluding hydrogens is 195 g/mol. The monoisotopic (exact) mass is 205 g/mol. The Hall–Kier alpha value is -1.30. The third kappa shape index (κ3) is 2.88. The third-order valence-corrected chi connectivity index (χ3v) is 1.52. The molecule has 1 rings (SSSR count). The Balaban J connectivity index is 2.79. The molecule has 0 aliphatic carbocycles. The maximum Gasteiger partial charge on any atom is 0.433 e. The van der Waals surface area contributed by atoms with Crippen LogP contribution in [0.25, 0.3) is 0 Å². The molecule has 3 N–H and O–H groups in total. The fourth-order valence-electron chi connectivity index (χ4n) is 0.912. The topological polar surface area (TPSA) is 50.9 Å². The number of nitrogens with zero attached hydrogens (tertiary/aromatic N) is 1. The number of anilines is 1. The lowest BCUT2D eigenvalue weighted by Gasteiger charge is -2.08. The molecule has 0 aromatic carbocycles. The van der Waals surface area contributed by atoms with E-state index in [2.05, 4.69) is 10.3 Å². The minimum Gasteiger partial charge on any atom is -0.384 e. The fraction of sp³-hybridized carbons (Fsp3) is 0.375. The van der Waals surface area contributed by atoms with Crippen molar-refractivity contribution in [1.82, 2.24) is 4.98 Å². The summed E-state index contributed by atoms with van der Waals surface area (Å²) in [5.41, 5.74) is 4.67. The van der Waals surface area contributed by atoms with Gasteiger partial charge in [-0.2, -0.15) is 13.2 Å². The summed E-state index contributed by atoms with van der Waals surface area (Å²) in [6, 6.07) is 2.42. The predicted molar refractivity (Wildman–Crippen MR) is 46.8 cm³/mol. The molecule has 0 bridgehead atoms. The van der Waals surface area contributed by atoms with Gasteiger partial charge in [0.1, 0.15) is 5.69 Å². The van der Waals surface area contributed by atoms with Crippen molar-refractivity contribution >= 4 is 5.69 Å². The van der Waals surface area contributed by atoms with E-state index >= 15 is 0 Å². The van der Waals surface area contributed by atoms with E-state index < -0.39 is 11.9 Å². The van der Waals surface area contributed by atoms with E-state index in [-0.39, 0.29) is 0 Å². The average molecular weight is 205 g/mol. The van der Waals surface area contributed by atoms with Crippen LogP contribution in [0.4, 0.5) is 18.9 Å². The van der Waals surface area contributed by atoms with Gasteiger partial charge in [0.05, 0.1) is 0 Å². The van der Waals surface area contributed by atoms with Crippen LogP contribution in [-0.4, -0.2) is 18.1 Å². The van der Waals surface area contributed by atoms with E-state index in [1.807, 2.05) is 0 Å². The Kier molecular flexibility index (Phi) is 3.29. The number of hydrogen-bond donors (Lipinski definition) is 2. The number of aromatic nitrogens is 1. The van der Waals surface area contributed by atoms with Crippen LogP contribution in [0.2, 0.25) is 0 Å². The van der Waals surface area contributed by atoms with Gasteiger partial charge in [0.25, 0.3) is 0 Å². The average Bonchev–Trinajstić information content (AvgIpc) is 2.14. The Bertz CT molecular complexity index is 298. The molecule has 78 valence electrons. The zero-order valence-corrected chi connectivity index (χ0v) is 7.30. The summed E-state index contributed by atoms with van der Waals surface area (Å²) in [6.07, 6.45) is -3.29. The second-order valence-electron chi connectivity index (χ2n) is 2.64. The van der Waals surface area contributed by atoms with Gasteiger partial charge >= 0.3 is 6.18 Å². The quantitative estimate of drug-likeness (QED) is 0.785. The van der Waals surface area contributed by atoms with Crippen molar-refractivity contribution < 1.29 is 13.2 Å². The fourth-order valence-corrected chi connectivity index (χ4v) is 0.912. The van der Waals surface area contributed by atoms with Gasteiger partial charge in [-0.1, -0.05) is 0 Å². The highest BCUT2D eigenvalue weighted by atomic mass is 19.4. The molecule has 1 heterocycles. The summed E-state index contributed by atoms with van der Waals surface area (Å²) in [5.74, 6) is 0. The largest absolute Gasteiger partial charge is 0.433 e. The Morgan fingerprint density at radius 2 is 2.14 bits per heavy atom. The van der Waals surface area contributed by atoms with Crippen LogP contribution < -0.4 is 11.1 Å². The van der Waals surface area contributed by atoms with Crippen LogP contribution in [-0.2, 0) is 6.18 Å². The molecule has 0 spiro atoms. The molecule has 0 saturated heterocycles. The van der Waals surface area contributed by atoms with E-state index in [0.717, 1.165) is 12.3 Å². The molecule has 0 aliphatic rings. The molecule has 3 nitrogen and oxygen atoms in total. The maximum atomic E-state index is 12.2. The SMILES string of the molecule is NCCNc1ccnc(C(F)(F)F)c1. The first-order valence-electron chi connectivity index (χ1n) is 4.01. The molecule has 0 unspecified atom stereocenters. The summed E-state index contributed by atoms with van der Waals surface area (Å²) in [4.78, 5) is 3.22. The Labute approximate surface area is 79.1 Å². The highest BCUT2D eigenvalue weighted by Gasteiger charge is 2.32. The Morgan fingerprint density at radius 1 is 1.43 bits per heavy atom. The molecule has 0 amide bonds. The predicted octanol–water partition coefficient (Wildman–Crippen LogP) is 1.47. The lowest BCUT2D eigenvalue weighted by molar-refractivity contribution is -0.141. The second kappa shape index (κ2) is 4.28. The summed E-state index contributed by atoms with van der Waals surface area (Å²) in [6.45, 7) is 0.797. The van der Waals surface area contributed by atoms with Crippen LogP contribution in [0.15, 0.2) is 18.3 Å². The van der Waals surface area contributed by atoms with Gasteiger partial charge < -0.3 is 11.1 Å². The van der Waals surface area contributed by atoms with Crippen LogP contribution in [0.5, 0.6) is 0 Å². The van der Waals surface area contributed by atoms with Crippen molar-refractivity contribution in [3.8, 4) is 0 Å². The van der Waals surface area contributed by atoms with E-state index in [9.17, 15) is 13.2 Å². The van der Waals surface area contributed by atoms with Crippen molar-refractivity contribution in [3.05, 3.63) is 24.0 Å². The van der Waals surface area contributed by atoms with E-state index in [0.29, 0.717) is 18.8 Å². The molecular formula is C8H10F3N3. The van der Waals surface area contributed by atoms with Gasteiger partial charge in [-0.15, -0.1) is 0 Å². The molecule has 0 radical (unpaired) electrons. The molecule has 6 heteroatoms. The molecule has 1 aromatic heterocycles. The zero-order valence-electron chi connectivity index (χ0n) is 7.30. The van der Waals surface area contributed by atoms with Crippen molar-refractivity contribution in [1.29, 1.82) is 0 Å². The number of hydrogen-bond acceptors (Lipinski definition) is 3. The summed E-state index contributed by atoms with van der Waals surface area (Å²) in [5, 5.41) is 2.74. The van der Waals surface area contributed by atoms with Crippen molar-refractivity contribution in [3.63, 3.8) is 0 Å². The minimum atomic E-state index is -4.40. The van der Waals surface area contributed by atoms with Crippen molar-refractivity contribution in [2.45, 2.75) is 6.18 Å². The van der Waals surface area contributed by atoms with Crippen LogP contribution in [0, 0.1) is 0 Å². The highest BCUT2D eigenvalue weighted by Crippen LogP contribution is 2.28. The van der Waals surface area contributed by atoms with Crippen molar-refractivity contribution in [2.24, 2.45) is 5.73 Å².